The molecule has 0 aliphatic carbocycles. The lowest BCUT2D eigenvalue weighted by molar-refractivity contribution is 0.429. The molecule has 0 radical (unpaired) electrons. The maximum Gasteiger partial charge on any atom is 0.128 e. The van der Waals surface area contributed by atoms with Crippen molar-refractivity contribution < 1.29 is 0 Å². The molecule has 1 aliphatic rings. The van der Waals surface area contributed by atoms with Gasteiger partial charge in [0.05, 0.1) is 9.62 Å². The molecule has 0 bridgehead atoms. The minimum atomic E-state index is -0.278. The van der Waals surface area contributed by atoms with Crippen molar-refractivity contribution in [1.82, 2.24) is 10.3 Å². The molecule has 1 aliphatic heterocycles. The third-order valence-corrected chi connectivity index (χ3v) is 6.56. The van der Waals surface area contributed by atoms with Gasteiger partial charge in [-0.2, -0.15) is 0 Å². The second-order valence-corrected chi connectivity index (χ2v) is 9.51. The summed E-state index contributed by atoms with van der Waals surface area (Å²) in [5, 5.41) is 3.57. The highest BCUT2D eigenvalue weighted by molar-refractivity contribution is 14.2. The van der Waals surface area contributed by atoms with Crippen molar-refractivity contribution in [3.05, 3.63) is 23.9 Å². The highest BCUT2D eigenvalue weighted by Gasteiger charge is 2.18. The van der Waals surface area contributed by atoms with Gasteiger partial charge in [-0.05, 0) is 74.3 Å². The van der Waals surface area contributed by atoms with Gasteiger partial charge < -0.3 is 10.2 Å². The van der Waals surface area contributed by atoms with Crippen LogP contribution < -0.4 is 10.2 Å². The van der Waals surface area contributed by atoms with Crippen LogP contribution in [0.2, 0.25) is 0 Å². The van der Waals surface area contributed by atoms with Crippen LogP contribution in [0, 0.1) is 0 Å². The number of nitrogens with zero attached hydrogens (tertiary/aromatic N) is 2. The van der Waals surface area contributed by atoms with Crippen molar-refractivity contribution in [2.45, 2.75) is 43.1 Å². The average molecular weight is 405 g/mol. The molecule has 112 valence electrons. The van der Waals surface area contributed by atoms with Crippen LogP contribution in [0.4, 0.5) is 5.82 Å². The van der Waals surface area contributed by atoms with E-state index in [1.807, 2.05) is 0 Å². The molecule has 5 heteroatoms. The van der Waals surface area contributed by atoms with Gasteiger partial charge in [0, 0.05) is 25.2 Å². The summed E-state index contributed by atoms with van der Waals surface area (Å²) >= 11 is -0.278. The van der Waals surface area contributed by atoms with Gasteiger partial charge in [-0.1, -0.05) is 6.07 Å². The van der Waals surface area contributed by atoms with Crippen molar-refractivity contribution in [3.63, 3.8) is 0 Å². The number of anilines is 1. The molecule has 2 rings (SSSR count). The first-order chi connectivity index (χ1) is 9.49. The van der Waals surface area contributed by atoms with E-state index < -0.39 is 0 Å². The molecule has 1 unspecified atom stereocenters. The first-order valence-corrected chi connectivity index (χ1v) is 11.4. The number of nitrogens with one attached hydrogen (secondary N) is 1. The van der Waals surface area contributed by atoms with Crippen LogP contribution in [-0.2, 0) is 0 Å². The lowest BCUT2D eigenvalue weighted by atomic mass is 10.1. The molecule has 2 heterocycles. The molecule has 20 heavy (non-hydrogen) atoms. The van der Waals surface area contributed by atoms with Gasteiger partial charge in [0.1, 0.15) is 5.82 Å². The zero-order valence-corrected chi connectivity index (χ0v) is 15.5. The van der Waals surface area contributed by atoms with Crippen LogP contribution in [0.5, 0.6) is 0 Å². The molecular weight excluding hydrogens is 381 g/mol. The van der Waals surface area contributed by atoms with Crippen LogP contribution in [0.15, 0.2) is 18.2 Å². The largest absolute Gasteiger partial charge is 0.357 e. The Labute approximate surface area is 136 Å². The van der Waals surface area contributed by atoms with E-state index in [2.05, 4.69) is 49.2 Å². The predicted molar refractivity (Wildman–Crippen MR) is 97.8 cm³/mol. The van der Waals surface area contributed by atoms with Crippen molar-refractivity contribution in [2.24, 2.45) is 0 Å². The number of hydrogen-bond acceptors (Lipinski definition) is 4. The summed E-state index contributed by atoms with van der Waals surface area (Å²) in [5.74, 6) is 1.13. The number of hydrogen-bond donors (Lipinski definition) is 1. The molecule has 3 nitrogen and oxygen atoms in total. The van der Waals surface area contributed by atoms with E-state index in [4.69, 9.17) is 14.3 Å². The Morgan fingerprint density at radius 3 is 2.65 bits per heavy atom. The fraction of sp³-hybridized carbons (Fsp3) is 0.667. The zero-order valence-electron chi connectivity index (χ0n) is 12.5. The molecule has 0 aromatic carbocycles. The van der Waals surface area contributed by atoms with Crippen molar-refractivity contribution >= 4 is 34.4 Å². The third kappa shape index (κ3) is 4.70. The van der Waals surface area contributed by atoms with Gasteiger partial charge in [0.25, 0.3) is 0 Å². The van der Waals surface area contributed by atoms with Gasteiger partial charge in [0.2, 0.25) is 0 Å². The van der Waals surface area contributed by atoms with E-state index >= 15 is 0 Å². The normalized spacial score (nSPS) is 17.4. The average Bonchev–Trinajstić information content (AvgIpc) is 2.92. The van der Waals surface area contributed by atoms with Gasteiger partial charge >= 0.3 is 0 Å². The number of alkyl halides is 1. The molecule has 0 saturated carbocycles. The van der Waals surface area contributed by atoms with Crippen LogP contribution in [-0.4, -0.2) is 30.2 Å². The Hall–Kier alpha value is -0.140. The Kier molecular flexibility index (Phi) is 5.86. The minimum Gasteiger partial charge on any atom is -0.357 e. The molecule has 1 aromatic heterocycles. The summed E-state index contributed by atoms with van der Waals surface area (Å²) < 4.78 is 0.422. The van der Waals surface area contributed by atoms with Crippen molar-refractivity contribution in [3.8, 4) is 0 Å². The predicted octanol–water partition coefficient (Wildman–Crippen LogP) is 4.19. The highest BCUT2D eigenvalue weighted by Crippen LogP contribution is 2.30. The van der Waals surface area contributed by atoms with Gasteiger partial charge in [-0.25, -0.2) is 4.98 Å². The van der Waals surface area contributed by atoms with E-state index in [9.17, 15) is 0 Å². The molecule has 0 amide bonds. The van der Waals surface area contributed by atoms with E-state index in [1.165, 1.54) is 18.5 Å². The number of aromatic nitrogens is 1. The summed E-state index contributed by atoms with van der Waals surface area (Å²) in [6.07, 6.45) is 2.57. The number of rotatable bonds is 5. The van der Waals surface area contributed by atoms with Crippen LogP contribution in [0.3, 0.4) is 0 Å². The Balaban J connectivity index is 2.09. The summed E-state index contributed by atoms with van der Waals surface area (Å²) in [6.45, 7) is 9.81. The van der Waals surface area contributed by atoms with Crippen molar-refractivity contribution in [2.75, 3.05) is 24.5 Å². The quantitative estimate of drug-likeness (QED) is 0.587. The van der Waals surface area contributed by atoms with Gasteiger partial charge in [0.15, 0.2) is 0 Å². The first-order valence-electron chi connectivity index (χ1n) is 7.22. The summed E-state index contributed by atoms with van der Waals surface area (Å²) in [7, 11) is 5.44. The topological polar surface area (TPSA) is 28.2 Å². The van der Waals surface area contributed by atoms with E-state index in [0.29, 0.717) is 3.92 Å². The van der Waals surface area contributed by atoms with E-state index in [0.717, 1.165) is 25.5 Å². The SMILES string of the molecule is CC(C)(C)NCC(I=S)c1cccc(N2CCCC2)n1. The second kappa shape index (κ2) is 7.22. The molecular formula is C15H24IN3S. The molecule has 1 saturated heterocycles. The van der Waals surface area contributed by atoms with Crippen LogP contribution >= 0.6 is 28.5 Å². The molecule has 1 fully saturated rings. The summed E-state index contributed by atoms with van der Waals surface area (Å²) in [5.41, 5.74) is 1.31. The number of halogens is 1. The highest BCUT2D eigenvalue weighted by atomic mass is 127. The maximum atomic E-state index is 5.44. The lowest BCUT2D eigenvalue weighted by Crippen LogP contribution is -2.37. The fourth-order valence-electron chi connectivity index (χ4n) is 2.31. The second-order valence-electron chi connectivity index (χ2n) is 6.30. The minimum absolute atomic E-state index is 0.138. The Morgan fingerprint density at radius 1 is 1.35 bits per heavy atom. The van der Waals surface area contributed by atoms with Gasteiger partial charge in [-0.15, -0.1) is 0 Å². The van der Waals surface area contributed by atoms with E-state index in [1.54, 1.807) is 0 Å². The lowest BCUT2D eigenvalue weighted by Gasteiger charge is -2.23. The zero-order chi connectivity index (χ0) is 14.6. The summed E-state index contributed by atoms with van der Waals surface area (Å²) in [6, 6.07) is 6.40. The third-order valence-electron chi connectivity index (χ3n) is 3.43. The Morgan fingerprint density at radius 2 is 2.05 bits per heavy atom. The van der Waals surface area contributed by atoms with Crippen molar-refractivity contribution in [1.29, 1.82) is 0 Å². The fourth-order valence-corrected chi connectivity index (χ4v) is 4.36. The van der Waals surface area contributed by atoms with Crippen LogP contribution in [0.25, 0.3) is 0 Å². The Bertz CT molecular complexity index is 453. The van der Waals surface area contributed by atoms with E-state index in [-0.39, 0.29) is 24.8 Å². The standard InChI is InChI=1S/C15H24IN3S/c1-15(2,3)17-11-12(16-20)13-7-6-8-14(18-13)19-9-4-5-10-19/h6-8,12,17H,4-5,9-11H2,1-3H3. The van der Waals surface area contributed by atoms with Gasteiger partial charge in [-0.3, -0.25) is 0 Å². The maximum absolute atomic E-state index is 5.44. The smallest absolute Gasteiger partial charge is 0.128 e. The molecule has 0 spiro atoms. The number of pyridine rings is 1. The molecule has 1 atom stereocenters. The molecule has 1 N–H and O–H groups in total. The molecule has 1 aromatic rings. The van der Waals surface area contributed by atoms with Crippen LogP contribution in [0.1, 0.15) is 43.2 Å². The summed E-state index contributed by atoms with van der Waals surface area (Å²) in [4.78, 5) is 7.26. The first kappa shape index (κ1) is 16.2. The monoisotopic (exact) mass is 405 g/mol.